The summed E-state index contributed by atoms with van der Waals surface area (Å²) < 4.78 is 10.7. The van der Waals surface area contributed by atoms with Crippen molar-refractivity contribution in [2.24, 2.45) is 0 Å². The molecule has 1 heterocycles. The molecule has 1 aromatic carbocycles. The second-order valence-corrected chi connectivity index (χ2v) is 4.78. The summed E-state index contributed by atoms with van der Waals surface area (Å²) in [5.41, 5.74) is 1.01. The van der Waals surface area contributed by atoms with E-state index >= 15 is 0 Å². The maximum atomic E-state index is 11.5. The second-order valence-electron chi connectivity index (χ2n) is 4.78. The van der Waals surface area contributed by atoms with Gasteiger partial charge in [0.05, 0.1) is 19.8 Å². The number of hydrogen-bond acceptors (Lipinski definition) is 4. The van der Waals surface area contributed by atoms with E-state index in [2.05, 4.69) is 0 Å². The van der Waals surface area contributed by atoms with Gasteiger partial charge in [0, 0.05) is 13.1 Å². The van der Waals surface area contributed by atoms with Crippen LogP contribution in [0.3, 0.4) is 0 Å². The van der Waals surface area contributed by atoms with Gasteiger partial charge < -0.3 is 14.6 Å². The van der Waals surface area contributed by atoms with Gasteiger partial charge in [-0.1, -0.05) is 12.1 Å². The molecule has 110 valence electrons. The lowest BCUT2D eigenvalue weighted by Crippen LogP contribution is -2.48. The van der Waals surface area contributed by atoms with E-state index in [9.17, 15) is 9.90 Å². The molecular weight excluding hydrogens is 258 g/mol. The van der Waals surface area contributed by atoms with E-state index in [4.69, 9.17) is 9.47 Å². The molecule has 0 amide bonds. The smallest absolute Gasteiger partial charge is 0.321 e. The van der Waals surface area contributed by atoms with Gasteiger partial charge in [0.2, 0.25) is 0 Å². The van der Waals surface area contributed by atoms with Crippen molar-refractivity contribution in [3.8, 4) is 5.75 Å². The van der Waals surface area contributed by atoms with Crippen molar-refractivity contribution in [2.45, 2.75) is 19.4 Å². The highest BCUT2D eigenvalue weighted by Crippen LogP contribution is 2.16. The van der Waals surface area contributed by atoms with Crippen LogP contribution in [0.5, 0.6) is 5.75 Å². The topological polar surface area (TPSA) is 59.0 Å². The fourth-order valence-electron chi connectivity index (χ4n) is 2.37. The summed E-state index contributed by atoms with van der Waals surface area (Å²) in [5.74, 6) is 0.0373. The highest BCUT2D eigenvalue weighted by atomic mass is 16.5. The Bertz CT molecular complexity index is 426. The highest BCUT2D eigenvalue weighted by molar-refractivity contribution is 5.74. The molecule has 0 saturated carbocycles. The van der Waals surface area contributed by atoms with E-state index in [1.807, 2.05) is 36.1 Å². The molecule has 1 atom stereocenters. The Kier molecular flexibility index (Phi) is 5.38. The molecule has 1 saturated heterocycles. The van der Waals surface area contributed by atoms with Gasteiger partial charge in [-0.2, -0.15) is 0 Å². The van der Waals surface area contributed by atoms with Crippen LogP contribution < -0.4 is 4.74 Å². The fraction of sp³-hybridized carbons (Fsp3) is 0.533. The van der Waals surface area contributed by atoms with Crippen LogP contribution in [0, 0.1) is 0 Å². The van der Waals surface area contributed by atoms with Crippen LogP contribution in [-0.4, -0.2) is 54.9 Å². The first kappa shape index (κ1) is 14.8. The molecule has 1 aliphatic heterocycles. The number of benzene rings is 1. The molecule has 1 aromatic rings. The van der Waals surface area contributed by atoms with Gasteiger partial charge in [0.15, 0.2) is 0 Å². The van der Waals surface area contributed by atoms with Crippen molar-refractivity contribution in [3.63, 3.8) is 0 Å². The summed E-state index contributed by atoms with van der Waals surface area (Å²) >= 11 is 0. The molecule has 5 heteroatoms. The molecule has 20 heavy (non-hydrogen) atoms. The lowest BCUT2D eigenvalue weighted by atomic mass is 10.0. The van der Waals surface area contributed by atoms with Gasteiger partial charge in [0.25, 0.3) is 0 Å². The number of nitrogens with zero attached hydrogens (tertiary/aromatic N) is 1. The van der Waals surface area contributed by atoms with E-state index in [0.29, 0.717) is 39.3 Å². The first-order valence-electron chi connectivity index (χ1n) is 6.97. The van der Waals surface area contributed by atoms with Crippen LogP contribution >= 0.6 is 0 Å². The van der Waals surface area contributed by atoms with Crippen LogP contribution in [0.4, 0.5) is 0 Å². The first-order chi connectivity index (χ1) is 9.70. The summed E-state index contributed by atoms with van der Waals surface area (Å²) in [5, 5.41) is 9.42. The van der Waals surface area contributed by atoms with Gasteiger partial charge in [-0.25, -0.2) is 0 Å². The van der Waals surface area contributed by atoms with Gasteiger partial charge in [-0.3, -0.25) is 9.69 Å². The minimum Gasteiger partial charge on any atom is -0.494 e. The van der Waals surface area contributed by atoms with Crippen LogP contribution in [0.2, 0.25) is 0 Å². The molecule has 0 spiro atoms. The monoisotopic (exact) mass is 279 g/mol. The third-order valence-electron chi connectivity index (χ3n) is 3.43. The average Bonchev–Trinajstić information content (AvgIpc) is 2.47. The van der Waals surface area contributed by atoms with E-state index in [1.165, 1.54) is 0 Å². The van der Waals surface area contributed by atoms with Crippen molar-refractivity contribution < 1.29 is 19.4 Å². The number of carbonyl (C=O) groups is 1. The zero-order chi connectivity index (χ0) is 14.4. The predicted molar refractivity (Wildman–Crippen MR) is 75.1 cm³/mol. The van der Waals surface area contributed by atoms with Crippen LogP contribution in [0.1, 0.15) is 12.5 Å². The summed E-state index contributed by atoms with van der Waals surface area (Å²) in [6.45, 7) is 5.12. The van der Waals surface area contributed by atoms with Crippen LogP contribution in [-0.2, 0) is 16.0 Å². The number of hydrogen-bond donors (Lipinski definition) is 1. The maximum Gasteiger partial charge on any atom is 0.321 e. The number of carboxylic acid groups (broad SMARTS) is 1. The van der Waals surface area contributed by atoms with Gasteiger partial charge in [-0.05, 0) is 31.0 Å². The third-order valence-corrected chi connectivity index (χ3v) is 3.43. The largest absolute Gasteiger partial charge is 0.494 e. The molecular formula is C15H21NO4. The first-order valence-corrected chi connectivity index (χ1v) is 6.97. The second kappa shape index (κ2) is 7.26. The van der Waals surface area contributed by atoms with Gasteiger partial charge in [0.1, 0.15) is 11.8 Å². The molecule has 0 bridgehead atoms. The minimum atomic E-state index is -0.777. The lowest BCUT2D eigenvalue weighted by Gasteiger charge is -2.32. The predicted octanol–water partition coefficient (Wildman–Crippen LogP) is 1.41. The Morgan fingerprint density at radius 1 is 1.35 bits per heavy atom. The zero-order valence-electron chi connectivity index (χ0n) is 11.7. The van der Waals surface area contributed by atoms with Crippen LogP contribution in [0.25, 0.3) is 0 Å². The zero-order valence-corrected chi connectivity index (χ0v) is 11.7. The van der Waals surface area contributed by atoms with Gasteiger partial charge in [-0.15, -0.1) is 0 Å². The van der Waals surface area contributed by atoms with E-state index < -0.39 is 12.0 Å². The fourth-order valence-corrected chi connectivity index (χ4v) is 2.37. The number of morpholine rings is 1. The van der Waals surface area contributed by atoms with E-state index in [-0.39, 0.29) is 0 Å². The number of ether oxygens (including phenoxy) is 2. The molecule has 0 aromatic heterocycles. The molecule has 1 aliphatic rings. The van der Waals surface area contributed by atoms with Crippen molar-refractivity contribution in [2.75, 3.05) is 32.9 Å². The molecule has 5 nitrogen and oxygen atoms in total. The number of aliphatic carboxylic acids is 1. The molecule has 1 fully saturated rings. The molecule has 0 radical (unpaired) electrons. The average molecular weight is 279 g/mol. The Labute approximate surface area is 119 Å². The maximum absolute atomic E-state index is 11.5. The standard InChI is InChI=1S/C15H21NO4/c1-2-20-13-5-3-12(4-6-13)11-14(15(17)18)16-7-9-19-10-8-16/h3-6,14H,2,7-11H2,1H3,(H,17,18)/t14-/m1/s1. The Hall–Kier alpha value is -1.59. The number of rotatable bonds is 6. The Balaban J connectivity index is 2.01. The Morgan fingerprint density at radius 3 is 2.55 bits per heavy atom. The van der Waals surface area contributed by atoms with Crippen molar-refractivity contribution in [1.82, 2.24) is 4.90 Å². The van der Waals surface area contributed by atoms with Crippen molar-refractivity contribution in [3.05, 3.63) is 29.8 Å². The summed E-state index contributed by atoms with van der Waals surface area (Å²) in [6.07, 6.45) is 0.502. The third kappa shape index (κ3) is 3.95. The van der Waals surface area contributed by atoms with Gasteiger partial charge >= 0.3 is 5.97 Å². The molecule has 0 aliphatic carbocycles. The number of carboxylic acids is 1. The lowest BCUT2D eigenvalue weighted by molar-refractivity contribution is -0.145. The quantitative estimate of drug-likeness (QED) is 0.853. The molecule has 2 rings (SSSR count). The van der Waals surface area contributed by atoms with Crippen molar-refractivity contribution in [1.29, 1.82) is 0 Å². The summed E-state index contributed by atoms with van der Waals surface area (Å²) in [4.78, 5) is 13.4. The van der Waals surface area contributed by atoms with Crippen molar-refractivity contribution >= 4 is 5.97 Å². The van der Waals surface area contributed by atoms with E-state index in [1.54, 1.807) is 0 Å². The van der Waals surface area contributed by atoms with Crippen LogP contribution in [0.15, 0.2) is 24.3 Å². The summed E-state index contributed by atoms with van der Waals surface area (Å²) in [6, 6.07) is 7.15. The SMILES string of the molecule is CCOc1ccc(C[C@H](C(=O)O)N2CCOCC2)cc1. The minimum absolute atomic E-state index is 0.489. The Morgan fingerprint density at radius 2 is 2.00 bits per heavy atom. The normalized spacial score (nSPS) is 17.6. The molecule has 0 unspecified atom stereocenters. The highest BCUT2D eigenvalue weighted by Gasteiger charge is 2.27. The molecule has 1 N–H and O–H groups in total. The van der Waals surface area contributed by atoms with E-state index in [0.717, 1.165) is 11.3 Å². The summed E-state index contributed by atoms with van der Waals surface area (Å²) in [7, 11) is 0.